The van der Waals surface area contributed by atoms with Gasteiger partial charge in [-0.15, -0.1) is 0 Å². The lowest BCUT2D eigenvalue weighted by Gasteiger charge is -2.10. The van der Waals surface area contributed by atoms with E-state index in [0.29, 0.717) is 12.1 Å². The Morgan fingerprint density at radius 3 is 2.61 bits per heavy atom. The van der Waals surface area contributed by atoms with Gasteiger partial charge in [-0.1, -0.05) is 25.7 Å². The van der Waals surface area contributed by atoms with E-state index in [1.54, 1.807) is 10.8 Å². The Labute approximate surface area is 107 Å². The normalized spacial score (nSPS) is 16.1. The summed E-state index contributed by atoms with van der Waals surface area (Å²) in [5, 5.41) is 9.12. The molecule has 4 nitrogen and oxygen atoms in total. The molecular formula is C14H19NO3. The predicted molar refractivity (Wildman–Crippen MR) is 68.0 cm³/mol. The molecule has 1 fully saturated rings. The van der Waals surface area contributed by atoms with Gasteiger partial charge in [0.15, 0.2) is 5.78 Å². The molecule has 1 aliphatic carbocycles. The lowest BCUT2D eigenvalue weighted by Crippen LogP contribution is -2.09. The molecule has 2 rings (SSSR count). The first-order valence-electron chi connectivity index (χ1n) is 6.52. The van der Waals surface area contributed by atoms with Crippen molar-refractivity contribution in [2.24, 2.45) is 5.92 Å². The Morgan fingerprint density at radius 2 is 2.06 bits per heavy atom. The van der Waals surface area contributed by atoms with Crippen molar-refractivity contribution in [3.05, 3.63) is 23.5 Å². The van der Waals surface area contributed by atoms with Crippen LogP contribution in [-0.2, 0) is 6.54 Å². The molecule has 0 atom stereocenters. The van der Waals surface area contributed by atoms with Crippen molar-refractivity contribution in [1.29, 1.82) is 0 Å². The smallest absolute Gasteiger partial charge is 0.352 e. The van der Waals surface area contributed by atoms with E-state index in [-0.39, 0.29) is 11.5 Å². The molecule has 1 aromatic rings. The quantitative estimate of drug-likeness (QED) is 0.816. The number of Topliss-reactive ketones (excluding diaryl/α,β-unsaturated/α-hetero) is 1. The first-order valence-corrected chi connectivity index (χ1v) is 6.52. The van der Waals surface area contributed by atoms with Crippen molar-refractivity contribution in [2.75, 3.05) is 0 Å². The number of carbonyl (C=O) groups is 2. The average Bonchev–Trinajstić information content (AvgIpc) is 2.95. The predicted octanol–water partition coefficient (Wildman–Crippen LogP) is 2.97. The summed E-state index contributed by atoms with van der Waals surface area (Å²) >= 11 is 0. The molecule has 1 aromatic heterocycles. The number of rotatable bonds is 5. The number of hydrogen-bond donors (Lipinski definition) is 1. The maximum absolute atomic E-state index is 11.3. The molecule has 0 unspecified atom stereocenters. The van der Waals surface area contributed by atoms with Gasteiger partial charge in [0.1, 0.15) is 5.69 Å². The fourth-order valence-electron chi connectivity index (χ4n) is 2.69. The van der Waals surface area contributed by atoms with Crippen molar-refractivity contribution in [3.63, 3.8) is 0 Å². The van der Waals surface area contributed by atoms with Crippen molar-refractivity contribution < 1.29 is 14.7 Å². The number of nitrogens with zero attached hydrogens (tertiary/aromatic N) is 1. The lowest BCUT2D eigenvalue weighted by molar-refractivity contribution is 0.0684. The maximum Gasteiger partial charge on any atom is 0.352 e. The molecule has 0 bridgehead atoms. The minimum Gasteiger partial charge on any atom is -0.477 e. The second-order valence-electron chi connectivity index (χ2n) is 5.11. The summed E-state index contributed by atoms with van der Waals surface area (Å²) in [5.74, 6) is -0.333. The highest BCUT2D eigenvalue weighted by molar-refractivity contribution is 5.97. The molecule has 98 valence electrons. The fourth-order valence-corrected chi connectivity index (χ4v) is 2.69. The van der Waals surface area contributed by atoms with E-state index in [0.717, 1.165) is 12.3 Å². The Kier molecular flexibility index (Phi) is 3.84. The van der Waals surface area contributed by atoms with Crippen LogP contribution < -0.4 is 0 Å². The highest BCUT2D eigenvalue weighted by atomic mass is 16.4. The summed E-state index contributed by atoms with van der Waals surface area (Å²) in [6, 6.07) is 1.47. The number of ketones is 1. The molecule has 1 saturated carbocycles. The Hall–Kier alpha value is -1.58. The number of aryl methyl sites for hydroxylation is 1. The molecule has 4 heteroatoms. The van der Waals surface area contributed by atoms with Crippen molar-refractivity contribution >= 4 is 11.8 Å². The van der Waals surface area contributed by atoms with Crippen LogP contribution in [0.2, 0.25) is 0 Å². The third kappa shape index (κ3) is 2.81. The molecule has 0 aliphatic heterocycles. The number of carboxylic acid groups (broad SMARTS) is 1. The summed E-state index contributed by atoms with van der Waals surface area (Å²) in [6.45, 7) is 2.15. The van der Waals surface area contributed by atoms with Crippen LogP contribution in [0.3, 0.4) is 0 Å². The minimum atomic E-state index is -0.964. The van der Waals surface area contributed by atoms with Crippen LogP contribution in [0, 0.1) is 5.92 Å². The lowest BCUT2D eigenvalue weighted by atomic mass is 10.0. The molecule has 1 heterocycles. The molecule has 0 spiro atoms. The van der Waals surface area contributed by atoms with E-state index in [2.05, 4.69) is 0 Å². The maximum atomic E-state index is 11.3. The summed E-state index contributed by atoms with van der Waals surface area (Å²) in [4.78, 5) is 22.4. The van der Waals surface area contributed by atoms with Crippen LogP contribution in [-0.4, -0.2) is 21.4 Å². The SMILES string of the molecule is CC(=O)c1cc(C(=O)O)n(CCC2CCCC2)c1. The summed E-state index contributed by atoms with van der Waals surface area (Å²) in [5.41, 5.74) is 0.706. The van der Waals surface area contributed by atoms with E-state index in [1.165, 1.54) is 38.7 Å². The summed E-state index contributed by atoms with van der Waals surface area (Å²) in [7, 11) is 0. The fraction of sp³-hybridized carbons (Fsp3) is 0.571. The van der Waals surface area contributed by atoms with E-state index >= 15 is 0 Å². The number of carbonyl (C=O) groups excluding carboxylic acids is 1. The zero-order chi connectivity index (χ0) is 13.1. The third-order valence-electron chi connectivity index (χ3n) is 3.78. The van der Waals surface area contributed by atoms with Gasteiger partial charge in [-0.3, -0.25) is 4.79 Å². The number of aromatic carboxylic acids is 1. The molecule has 1 N–H and O–H groups in total. The Morgan fingerprint density at radius 1 is 1.39 bits per heavy atom. The van der Waals surface area contributed by atoms with Crippen LogP contribution in [0.25, 0.3) is 0 Å². The molecule has 0 saturated heterocycles. The minimum absolute atomic E-state index is 0.0860. The van der Waals surface area contributed by atoms with E-state index < -0.39 is 5.97 Å². The van der Waals surface area contributed by atoms with Crippen LogP contribution in [0.4, 0.5) is 0 Å². The van der Waals surface area contributed by atoms with Crippen LogP contribution in [0.1, 0.15) is 59.9 Å². The number of carboxylic acids is 1. The third-order valence-corrected chi connectivity index (χ3v) is 3.78. The second-order valence-corrected chi connectivity index (χ2v) is 5.11. The molecule has 18 heavy (non-hydrogen) atoms. The highest BCUT2D eigenvalue weighted by Crippen LogP contribution is 2.28. The second kappa shape index (κ2) is 5.38. The van der Waals surface area contributed by atoms with Crippen molar-refractivity contribution in [2.45, 2.75) is 45.6 Å². The molecule has 0 amide bonds. The van der Waals surface area contributed by atoms with Crippen molar-refractivity contribution in [3.8, 4) is 0 Å². The van der Waals surface area contributed by atoms with Gasteiger partial charge >= 0.3 is 5.97 Å². The van der Waals surface area contributed by atoms with Gasteiger partial charge in [0.25, 0.3) is 0 Å². The van der Waals surface area contributed by atoms with Crippen molar-refractivity contribution in [1.82, 2.24) is 4.57 Å². The van der Waals surface area contributed by atoms with Gasteiger partial charge in [0.2, 0.25) is 0 Å². The average molecular weight is 249 g/mol. The Balaban J connectivity index is 2.09. The van der Waals surface area contributed by atoms with Gasteiger partial charge in [-0.25, -0.2) is 4.79 Å². The van der Waals surface area contributed by atoms with E-state index in [1.807, 2.05) is 0 Å². The summed E-state index contributed by atoms with van der Waals surface area (Å²) < 4.78 is 1.71. The zero-order valence-electron chi connectivity index (χ0n) is 10.7. The van der Waals surface area contributed by atoms with Gasteiger partial charge < -0.3 is 9.67 Å². The molecule has 0 aromatic carbocycles. The summed E-state index contributed by atoms with van der Waals surface area (Å²) in [6.07, 6.45) is 7.77. The molecule has 1 aliphatic rings. The monoisotopic (exact) mass is 249 g/mol. The largest absolute Gasteiger partial charge is 0.477 e. The van der Waals surface area contributed by atoms with E-state index in [9.17, 15) is 9.59 Å². The first kappa shape index (κ1) is 12.9. The van der Waals surface area contributed by atoms with Crippen LogP contribution in [0.5, 0.6) is 0 Å². The first-order chi connectivity index (χ1) is 8.58. The van der Waals surface area contributed by atoms with E-state index in [4.69, 9.17) is 5.11 Å². The van der Waals surface area contributed by atoms with Crippen LogP contribution in [0.15, 0.2) is 12.3 Å². The topological polar surface area (TPSA) is 59.3 Å². The molecule has 0 radical (unpaired) electrons. The number of aromatic nitrogens is 1. The van der Waals surface area contributed by atoms with Gasteiger partial charge in [0, 0.05) is 18.3 Å². The Bertz CT molecular complexity index is 456. The number of hydrogen-bond acceptors (Lipinski definition) is 2. The van der Waals surface area contributed by atoms with Gasteiger partial charge in [-0.05, 0) is 25.3 Å². The van der Waals surface area contributed by atoms with Crippen LogP contribution >= 0.6 is 0 Å². The zero-order valence-corrected chi connectivity index (χ0v) is 10.7. The molecular weight excluding hydrogens is 230 g/mol. The van der Waals surface area contributed by atoms with Gasteiger partial charge in [-0.2, -0.15) is 0 Å². The van der Waals surface area contributed by atoms with Gasteiger partial charge in [0.05, 0.1) is 0 Å². The highest BCUT2D eigenvalue weighted by Gasteiger charge is 2.18. The standard InChI is InChI=1S/C14H19NO3/c1-10(16)12-8-13(14(17)18)15(9-12)7-6-11-4-2-3-5-11/h8-9,11H,2-7H2,1H3,(H,17,18).